The second-order valence-corrected chi connectivity index (χ2v) is 4.92. The first-order valence-electron chi connectivity index (χ1n) is 6.04. The summed E-state index contributed by atoms with van der Waals surface area (Å²) in [6.07, 6.45) is 3.13. The molecule has 0 spiro atoms. The Bertz CT molecular complexity index is 655. The second-order valence-electron chi connectivity index (χ2n) is 4.20. The van der Waals surface area contributed by atoms with Crippen LogP contribution >= 0.6 is 11.3 Å². The van der Waals surface area contributed by atoms with Gasteiger partial charge < -0.3 is 9.64 Å². The average Bonchev–Trinajstić information content (AvgIpc) is 2.97. The number of fused-ring (bicyclic) bond motifs is 1. The summed E-state index contributed by atoms with van der Waals surface area (Å²) in [6, 6.07) is 4.16. The lowest BCUT2D eigenvalue weighted by Crippen LogP contribution is -2.36. The van der Waals surface area contributed by atoms with E-state index in [4.69, 9.17) is 4.74 Å². The summed E-state index contributed by atoms with van der Waals surface area (Å²) in [4.78, 5) is 17.9. The number of hydrogen-bond donors (Lipinski definition) is 0. The number of benzene rings is 1. The molecule has 3 rings (SSSR count). The van der Waals surface area contributed by atoms with E-state index in [9.17, 15) is 9.18 Å². The SMILES string of the molecule is O=C(C=Cc1cscn1)N1CCOc2cc(F)ccc21. The van der Waals surface area contributed by atoms with Crippen molar-refractivity contribution in [3.63, 3.8) is 0 Å². The molecule has 1 aromatic heterocycles. The van der Waals surface area contributed by atoms with Crippen molar-refractivity contribution in [1.82, 2.24) is 4.98 Å². The molecule has 1 aromatic carbocycles. The Hall–Kier alpha value is -2.21. The van der Waals surface area contributed by atoms with E-state index in [1.54, 1.807) is 22.6 Å². The fourth-order valence-electron chi connectivity index (χ4n) is 1.97. The highest BCUT2D eigenvalue weighted by Gasteiger charge is 2.22. The third-order valence-corrected chi connectivity index (χ3v) is 3.50. The third-order valence-electron chi connectivity index (χ3n) is 2.90. The minimum atomic E-state index is -0.379. The minimum absolute atomic E-state index is 0.172. The number of amides is 1. The highest BCUT2D eigenvalue weighted by atomic mass is 32.1. The molecule has 0 radical (unpaired) electrons. The molecule has 20 heavy (non-hydrogen) atoms. The summed E-state index contributed by atoms with van der Waals surface area (Å²) in [7, 11) is 0. The number of halogens is 1. The van der Waals surface area contributed by atoms with E-state index in [0.29, 0.717) is 24.6 Å². The fourth-order valence-corrected chi connectivity index (χ4v) is 2.50. The molecule has 0 saturated heterocycles. The maximum Gasteiger partial charge on any atom is 0.251 e. The first kappa shape index (κ1) is 12.8. The van der Waals surface area contributed by atoms with Crippen molar-refractivity contribution < 1.29 is 13.9 Å². The van der Waals surface area contributed by atoms with Crippen molar-refractivity contribution in [2.24, 2.45) is 0 Å². The van der Waals surface area contributed by atoms with E-state index in [0.717, 1.165) is 5.69 Å². The van der Waals surface area contributed by atoms with Gasteiger partial charge in [0.15, 0.2) is 0 Å². The molecule has 1 amide bonds. The van der Waals surface area contributed by atoms with Gasteiger partial charge in [-0.15, -0.1) is 11.3 Å². The normalized spacial score (nSPS) is 14.2. The Labute approximate surface area is 119 Å². The lowest BCUT2D eigenvalue weighted by Gasteiger charge is -2.28. The summed E-state index contributed by atoms with van der Waals surface area (Å²) in [5.41, 5.74) is 3.04. The van der Waals surface area contributed by atoms with Crippen LogP contribution in [0.25, 0.3) is 6.08 Å². The summed E-state index contributed by atoms with van der Waals surface area (Å²) >= 11 is 1.47. The Balaban J connectivity index is 1.83. The van der Waals surface area contributed by atoms with Gasteiger partial charge in [-0.2, -0.15) is 0 Å². The van der Waals surface area contributed by atoms with Crippen molar-refractivity contribution in [2.45, 2.75) is 0 Å². The standard InChI is InChI=1S/C14H11FN2O2S/c15-10-1-3-12-13(7-10)19-6-5-17(12)14(18)4-2-11-8-20-9-16-11/h1-4,7-9H,5-6H2. The third kappa shape index (κ3) is 2.55. The lowest BCUT2D eigenvalue weighted by molar-refractivity contribution is -0.114. The Morgan fingerprint density at radius 2 is 2.40 bits per heavy atom. The van der Waals surface area contributed by atoms with E-state index in [1.165, 1.54) is 29.5 Å². The van der Waals surface area contributed by atoms with Crippen LogP contribution in [0.15, 0.2) is 35.2 Å². The number of aromatic nitrogens is 1. The van der Waals surface area contributed by atoms with Gasteiger partial charge in [-0.05, 0) is 18.2 Å². The first-order chi connectivity index (χ1) is 9.74. The fraction of sp³-hybridized carbons (Fsp3) is 0.143. The number of thiazole rings is 1. The number of hydrogen-bond acceptors (Lipinski definition) is 4. The maximum atomic E-state index is 13.2. The lowest BCUT2D eigenvalue weighted by atomic mass is 10.2. The van der Waals surface area contributed by atoms with Crippen molar-refractivity contribution in [3.05, 3.63) is 46.7 Å². The molecule has 0 saturated carbocycles. The zero-order valence-electron chi connectivity index (χ0n) is 10.5. The van der Waals surface area contributed by atoms with Crippen molar-refractivity contribution in [1.29, 1.82) is 0 Å². The van der Waals surface area contributed by atoms with E-state index in [-0.39, 0.29) is 11.7 Å². The molecule has 0 unspecified atom stereocenters. The highest BCUT2D eigenvalue weighted by Crippen LogP contribution is 2.32. The van der Waals surface area contributed by atoms with Crippen LogP contribution in [0.5, 0.6) is 5.75 Å². The zero-order chi connectivity index (χ0) is 13.9. The number of nitrogens with zero attached hydrogens (tertiary/aromatic N) is 2. The molecule has 2 aromatic rings. The van der Waals surface area contributed by atoms with Gasteiger partial charge >= 0.3 is 0 Å². The van der Waals surface area contributed by atoms with E-state index < -0.39 is 0 Å². The van der Waals surface area contributed by atoms with Crippen molar-refractivity contribution in [2.75, 3.05) is 18.1 Å². The summed E-state index contributed by atoms with van der Waals surface area (Å²) in [5, 5.41) is 1.85. The van der Waals surface area contributed by atoms with Crippen LogP contribution in [0, 0.1) is 5.82 Å². The second kappa shape index (κ2) is 5.42. The smallest absolute Gasteiger partial charge is 0.251 e. The molecule has 0 aliphatic carbocycles. The van der Waals surface area contributed by atoms with Crippen LogP contribution in [0.2, 0.25) is 0 Å². The van der Waals surface area contributed by atoms with Crippen LogP contribution in [0.3, 0.4) is 0 Å². The van der Waals surface area contributed by atoms with Gasteiger partial charge in [0.25, 0.3) is 5.91 Å². The van der Waals surface area contributed by atoms with Crippen LogP contribution in [0.1, 0.15) is 5.69 Å². The van der Waals surface area contributed by atoms with Gasteiger partial charge in [-0.3, -0.25) is 4.79 Å². The molecular weight excluding hydrogens is 279 g/mol. The monoisotopic (exact) mass is 290 g/mol. The molecule has 0 N–H and O–H groups in total. The van der Waals surface area contributed by atoms with Crippen LogP contribution in [0.4, 0.5) is 10.1 Å². The Morgan fingerprint density at radius 1 is 1.50 bits per heavy atom. The topological polar surface area (TPSA) is 42.4 Å². The number of carbonyl (C=O) groups is 1. The molecule has 102 valence electrons. The van der Waals surface area contributed by atoms with E-state index in [2.05, 4.69) is 4.98 Å². The molecule has 2 heterocycles. The van der Waals surface area contributed by atoms with E-state index >= 15 is 0 Å². The molecule has 6 heteroatoms. The van der Waals surface area contributed by atoms with Crippen molar-refractivity contribution >= 4 is 29.0 Å². The van der Waals surface area contributed by atoms with Gasteiger partial charge in [0.05, 0.1) is 23.4 Å². The van der Waals surface area contributed by atoms with Crippen LogP contribution in [-0.2, 0) is 4.79 Å². The van der Waals surface area contributed by atoms with Gasteiger partial charge in [0.2, 0.25) is 0 Å². The number of carbonyl (C=O) groups excluding carboxylic acids is 1. The summed E-state index contributed by atoms with van der Waals surface area (Å²) in [6.45, 7) is 0.797. The van der Waals surface area contributed by atoms with Gasteiger partial charge in [0, 0.05) is 17.5 Å². The highest BCUT2D eigenvalue weighted by molar-refractivity contribution is 7.07. The minimum Gasteiger partial charge on any atom is -0.489 e. The average molecular weight is 290 g/mol. The Morgan fingerprint density at radius 3 is 3.20 bits per heavy atom. The molecular formula is C14H11FN2O2S. The molecule has 1 aliphatic rings. The largest absolute Gasteiger partial charge is 0.489 e. The van der Waals surface area contributed by atoms with Gasteiger partial charge in [-0.1, -0.05) is 0 Å². The summed E-state index contributed by atoms with van der Waals surface area (Å²) < 4.78 is 18.5. The molecule has 1 aliphatic heterocycles. The Kier molecular flexibility index (Phi) is 3.47. The van der Waals surface area contributed by atoms with Gasteiger partial charge in [0.1, 0.15) is 18.2 Å². The predicted molar refractivity (Wildman–Crippen MR) is 75.4 cm³/mol. The molecule has 0 fully saturated rings. The quantitative estimate of drug-likeness (QED) is 0.799. The van der Waals surface area contributed by atoms with Gasteiger partial charge in [-0.25, -0.2) is 9.37 Å². The van der Waals surface area contributed by atoms with Crippen LogP contribution in [-0.4, -0.2) is 24.0 Å². The van der Waals surface area contributed by atoms with Crippen LogP contribution < -0.4 is 9.64 Å². The zero-order valence-corrected chi connectivity index (χ0v) is 11.3. The molecule has 0 atom stereocenters. The molecule has 4 nitrogen and oxygen atoms in total. The maximum absolute atomic E-state index is 13.2. The number of ether oxygens (including phenoxy) is 1. The summed E-state index contributed by atoms with van der Waals surface area (Å²) in [5.74, 6) is -0.156. The van der Waals surface area contributed by atoms with Crippen molar-refractivity contribution in [3.8, 4) is 5.75 Å². The number of anilines is 1. The predicted octanol–water partition coefficient (Wildman–Crippen LogP) is 2.72. The molecule has 0 bridgehead atoms. The number of rotatable bonds is 2. The first-order valence-corrected chi connectivity index (χ1v) is 6.98. The van der Waals surface area contributed by atoms with E-state index in [1.807, 2.05) is 5.38 Å².